The predicted molar refractivity (Wildman–Crippen MR) is 94.6 cm³/mol. The molecule has 0 spiro atoms. The van der Waals surface area contributed by atoms with Crippen LogP contribution < -0.4 is 5.73 Å². The Kier molecular flexibility index (Phi) is 4.87. The summed E-state index contributed by atoms with van der Waals surface area (Å²) in [5.41, 5.74) is 8.18. The number of carbonyl (C=O) groups excluding carboxylic acids is 1. The molecule has 3 rings (SSSR count). The van der Waals surface area contributed by atoms with Crippen LogP contribution in [0.3, 0.4) is 0 Å². The van der Waals surface area contributed by atoms with Gasteiger partial charge in [-0.05, 0) is 48.9 Å². The molecule has 0 saturated carbocycles. The summed E-state index contributed by atoms with van der Waals surface area (Å²) in [5.74, 6) is 0.650. The summed E-state index contributed by atoms with van der Waals surface area (Å²) in [5, 5.41) is 0.432. The number of nitrogens with two attached hydrogens (primary N) is 1. The minimum Gasteiger partial charge on any atom is -0.399 e. The molecule has 2 N–H and O–H groups in total. The van der Waals surface area contributed by atoms with Crippen LogP contribution in [0.5, 0.6) is 0 Å². The van der Waals surface area contributed by atoms with Gasteiger partial charge in [-0.2, -0.15) is 0 Å². The molecule has 1 aliphatic heterocycles. The smallest absolute Gasteiger partial charge is 0.255 e. The van der Waals surface area contributed by atoms with Crippen molar-refractivity contribution in [3.8, 4) is 0 Å². The van der Waals surface area contributed by atoms with E-state index in [4.69, 9.17) is 17.3 Å². The van der Waals surface area contributed by atoms with Crippen molar-refractivity contribution in [1.29, 1.82) is 0 Å². The average molecular weight is 329 g/mol. The highest BCUT2D eigenvalue weighted by atomic mass is 35.5. The van der Waals surface area contributed by atoms with E-state index in [1.54, 1.807) is 18.2 Å². The van der Waals surface area contributed by atoms with Gasteiger partial charge in [-0.3, -0.25) is 4.79 Å². The monoisotopic (exact) mass is 328 g/mol. The predicted octanol–water partition coefficient (Wildman–Crippen LogP) is 4.02. The Morgan fingerprint density at radius 1 is 1.13 bits per heavy atom. The maximum atomic E-state index is 12.6. The number of benzene rings is 2. The Balaban J connectivity index is 1.59. The highest BCUT2D eigenvalue weighted by Crippen LogP contribution is 2.25. The van der Waals surface area contributed by atoms with Gasteiger partial charge in [-0.15, -0.1) is 0 Å². The number of rotatable bonds is 3. The van der Waals surface area contributed by atoms with Gasteiger partial charge in [0, 0.05) is 18.8 Å². The van der Waals surface area contributed by atoms with Crippen molar-refractivity contribution in [3.63, 3.8) is 0 Å². The maximum absolute atomic E-state index is 12.6. The summed E-state index contributed by atoms with van der Waals surface area (Å²) < 4.78 is 0. The Morgan fingerprint density at radius 3 is 2.48 bits per heavy atom. The topological polar surface area (TPSA) is 46.3 Å². The van der Waals surface area contributed by atoms with Gasteiger partial charge in [0.25, 0.3) is 5.91 Å². The van der Waals surface area contributed by atoms with Gasteiger partial charge in [0.15, 0.2) is 0 Å². The Hall–Kier alpha value is -2.00. The maximum Gasteiger partial charge on any atom is 0.255 e. The van der Waals surface area contributed by atoms with Crippen molar-refractivity contribution >= 4 is 23.2 Å². The number of nitrogens with zero attached hydrogens (tertiary/aromatic N) is 1. The fourth-order valence-corrected chi connectivity index (χ4v) is 3.43. The molecular weight excluding hydrogens is 308 g/mol. The molecule has 0 aromatic heterocycles. The standard InChI is InChI=1S/C19H21ClN2O/c20-18-13-16(21)6-7-17(18)19(23)22-10-8-15(9-11-22)12-14-4-2-1-3-5-14/h1-7,13,15H,8-12,21H2. The normalized spacial score (nSPS) is 15.6. The summed E-state index contributed by atoms with van der Waals surface area (Å²) >= 11 is 6.15. The number of carbonyl (C=O) groups is 1. The molecule has 0 bridgehead atoms. The SMILES string of the molecule is Nc1ccc(C(=O)N2CCC(Cc3ccccc3)CC2)c(Cl)c1. The van der Waals surface area contributed by atoms with Crippen LogP contribution in [-0.4, -0.2) is 23.9 Å². The molecule has 3 nitrogen and oxygen atoms in total. The second kappa shape index (κ2) is 7.05. The van der Waals surface area contributed by atoms with Gasteiger partial charge in [-0.25, -0.2) is 0 Å². The van der Waals surface area contributed by atoms with Gasteiger partial charge < -0.3 is 10.6 Å². The van der Waals surface area contributed by atoms with Crippen LogP contribution in [0.1, 0.15) is 28.8 Å². The number of piperidine rings is 1. The van der Waals surface area contributed by atoms with Crippen LogP contribution in [0, 0.1) is 5.92 Å². The fourth-order valence-electron chi connectivity index (χ4n) is 3.16. The van der Waals surface area contributed by atoms with E-state index in [-0.39, 0.29) is 5.91 Å². The summed E-state index contributed by atoms with van der Waals surface area (Å²) in [4.78, 5) is 14.5. The number of halogens is 1. The Labute approximate surface area is 142 Å². The number of hydrogen-bond acceptors (Lipinski definition) is 2. The van der Waals surface area contributed by atoms with Crippen LogP contribution in [0.2, 0.25) is 5.02 Å². The third kappa shape index (κ3) is 3.85. The Morgan fingerprint density at radius 2 is 1.83 bits per heavy atom. The third-order valence-corrected chi connectivity index (χ3v) is 4.81. The molecule has 1 aliphatic rings. The van der Waals surface area contributed by atoms with Crippen molar-refractivity contribution in [2.45, 2.75) is 19.3 Å². The van der Waals surface area contributed by atoms with Gasteiger partial charge >= 0.3 is 0 Å². The Bertz CT molecular complexity index is 679. The van der Waals surface area contributed by atoms with E-state index in [1.807, 2.05) is 11.0 Å². The van der Waals surface area contributed by atoms with Crippen molar-refractivity contribution in [2.75, 3.05) is 18.8 Å². The first-order chi connectivity index (χ1) is 11.1. The largest absolute Gasteiger partial charge is 0.399 e. The zero-order valence-electron chi connectivity index (χ0n) is 13.0. The van der Waals surface area contributed by atoms with E-state index in [0.717, 1.165) is 32.4 Å². The molecule has 4 heteroatoms. The van der Waals surface area contributed by atoms with E-state index in [2.05, 4.69) is 24.3 Å². The lowest BCUT2D eigenvalue weighted by atomic mass is 9.90. The van der Waals surface area contributed by atoms with E-state index < -0.39 is 0 Å². The molecule has 120 valence electrons. The van der Waals surface area contributed by atoms with Crippen LogP contribution in [0.4, 0.5) is 5.69 Å². The molecule has 0 radical (unpaired) electrons. The molecule has 2 aromatic rings. The minimum atomic E-state index is 0.00756. The first kappa shape index (κ1) is 15.9. The summed E-state index contributed by atoms with van der Waals surface area (Å²) in [6.07, 6.45) is 3.16. The molecule has 2 aromatic carbocycles. The summed E-state index contributed by atoms with van der Waals surface area (Å²) in [6.45, 7) is 1.58. The molecule has 23 heavy (non-hydrogen) atoms. The zero-order chi connectivity index (χ0) is 16.2. The minimum absolute atomic E-state index is 0.00756. The molecular formula is C19H21ClN2O. The zero-order valence-corrected chi connectivity index (χ0v) is 13.8. The summed E-state index contributed by atoms with van der Waals surface area (Å²) in [6, 6.07) is 15.6. The van der Waals surface area contributed by atoms with E-state index >= 15 is 0 Å². The lowest BCUT2D eigenvalue weighted by molar-refractivity contribution is 0.0691. The summed E-state index contributed by atoms with van der Waals surface area (Å²) in [7, 11) is 0. The first-order valence-electron chi connectivity index (χ1n) is 8.01. The van der Waals surface area contributed by atoms with Gasteiger partial charge in [0.1, 0.15) is 0 Å². The lowest BCUT2D eigenvalue weighted by Gasteiger charge is -2.32. The third-order valence-electron chi connectivity index (χ3n) is 4.49. The molecule has 0 aliphatic carbocycles. The number of nitrogen functional groups attached to an aromatic ring is 1. The van der Waals surface area contributed by atoms with Crippen LogP contribution in [0.25, 0.3) is 0 Å². The lowest BCUT2D eigenvalue weighted by Crippen LogP contribution is -2.39. The van der Waals surface area contributed by atoms with Gasteiger partial charge in [0.2, 0.25) is 0 Å². The van der Waals surface area contributed by atoms with Crippen LogP contribution in [0.15, 0.2) is 48.5 Å². The molecule has 0 atom stereocenters. The second-order valence-corrected chi connectivity index (χ2v) is 6.57. The first-order valence-corrected chi connectivity index (χ1v) is 8.39. The van der Waals surface area contributed by atoms with E-state index in [1.165, 1.54) is 5.56 Å². The molecule has 1 saturated heterocycles. The number of amides is 1. The quantitative estimate of drug-likeness (QED) is 0.865. The number of likely N-dealkylation sites (tertiary alicyclic amines) is 1. The molecule has 1 amide bonds. The molecule has 1 heterocycles. The number of hydrogen-bond donors (Lipinski definition) is 1. The fraction of sp³-hybridized carbons (Fsp3) is 0.316. The molecule has 1 fully saturated rings. The van der Waals surface area contributed by atoms with Gasteiger partial charge in [-0.1, -0.05) is 41.9 Å². The number of anilines is 1. The van der Waals surface area contributed by atoms with E-state index in [9.17, 15) is 4.79 Å². The highest BCUT2D eigenvalue weighted by molar-refractivity contribution is 6.34. The van der Waals surface area contributed by atoms with Crippen molar-refractivity contribution in [1.82, 2.24) is 4.90 Å². The highest BCUT2D eigenvalue weighted by Gasteiger charge is 2.24. The van der Waals surface area contributed by atoms with E-state index in [0.29, 0.717) is 22.2 Å². The van der Waals surface area contributed by atoms with Crippen LogP contribution >= 0.6 is 11.6 Å². The van der Waals surface area contributed by atoms with Crippen molar-refractivity contribution in [3.05, 3.63) is 64.7 Å². The van der Waals surface area contributed by atoms with Crippen molar-refractivity contribution < 1.29 is 4.79 Å². The van der Waals surface area contributed by atoms with Crippen molar-refractivity contribution in [2.24, 2.45) is 5.92 Å². The second-order valence-electron chi connectivity index (χ2n) is 6.16. The van der Waals surface area contributed by atoms with Gasteiger partial charge in [0.05, 0.1) is 10.6 Å². The molecule has 0 unspecified atom stereocenters. The van der Waals surface area contributed by atoms with Crippen LogP contribution in [-0.2, 0) is 6.42 Å². The average Bonchev–Trinajstić information content (AvgIpc) is 2.56.